The van der Waals surface area contributed by atoms with Crippen molar-refractivity contribution in [3.63, 3.8) is 0 Å². The van der Waals surface area contributed by atoms with E-state index in [0.29, 0.717) is 19.4 Å². The maximum Gasteiger partial charge on any atom is 0.307 e. The maximum atomic E-state index is 12.5. The van der Waals surface area contributed by atoms with E-state index in [9.17, 15) is 13.2 Å². The first-order valence-electron chi connectivity index (χ1n) is 7.12. The van der Waals surface area contributed by atoms with Gasteiger partial charge in [-0.2, -0.15) is 4.31 Å². The van der Waals surface area contributed by atoms with Crippen molar-refractivity contribution in [3.05, 3.63) is 12.5 Å². The van der Waals surface area contributed by atoms with E-state index in [1.807, 2.05) is 13.8 Å². The quantitative estimate of drug-likeness (QED) is 0.885. The second-order valence-electron chi connectivity index (χ2n) is 5.46. The lowest BCUT2D eigenvalue weighted by atomic mass is 10.0. The van der Waals surface area contributed by atoms with Crippen LogP contribution >= 0.6 is 0 Å². The normalized spacial score (nSPS) is 22.1. The van der Waals surface area contributed by atoms with Crippen LogP contribution in [0.1, 0.15) is 39.2 Å². The second kappa shape index (κ2) is 6.15. The molecule has 8 heteroatoms. The Morgan fingerprint density at radius 3 is 2.90 bits per heavy atom. The van der Waals surface area contributed by atoms with Gasteiger partial charge in [-0.3, -0.25) is 4.79 Å². The molecule has 1 aromatic heterocycles. The van der Waals surface area contributed by atoms with Gasteiger partial charge in [-0.25, -0.2) is 13.4 Å². The molecule has 0 aromatic carbocycles. The van der Waals surface area contributed by atoms with Crippen molar-refractivity contribution in [2.24, 2.45) is 5.92 Å². The Kier molecular flexibility index (Phi) is 4.67. The molecule has 0 unspecified atom stereocenters. The van der Waals surface area contributed by atoms with Crippen molar-refractivity contribution in [1.29, 1.82) is 0 Å². The van der Waals surface area contributed by atoms with E-state index >= 15 is 0 Å². The summed E-state index contributed by atoms with van der Waals surface area (Å²) in [6.45, 7) is 4.37. The predicted octanol–water partition coefficient (Wildman–Crippen LogP) is 1.34. The second-order valence-corrected chi connectivity index (χ2v) is 7.34. The number of carboxylic acid groups (broad SMARTS) is 1. The number of sulfonamides is 1. The first-order chi connectivity index (χ1) is 9.86. The molecule has 0 amide bonds. The number of carboxylic acids is 1. The lowest BCUT2D eigenvalue weighted by Crippen LogP contribution is -2.42. The minimum Gasteiger partial charge on any atom is -0.481 e. The number of aromatic nitrogens is 2. The summed E-state index contributed by atoms with van der Waals surface area (Å²) in [7, 11) is -3.71. The van der Waals surface area contributed by atoms with Gasteiger partial charge in [0.25, 0.3) is 10.0 Å². The van der Waals surface area contributed by atoms with Crippen LogP contribution in [0.15, 0.2) is 17.6 Å². The standard InChI is InChI=1S/C13H21N3O4S/c1-3-10(2)15-8-12(14-9-15)21(19,20)16-6-4-5-11(7-16)13(17)18/h8-11H,3-7H2,1-2H3,(H,17,18)/t10-,11+/m1/s1. The summed E-state index contributed by atoms with van der Waals surface area (Å²) in [5.41, 5.74) is 0. The van der Waals surface area contributed by atoms with E-state index in [-0.39, 0.29) is 17.6 Å². The van der Waals surface area contributed by atoms with E-state index in [1.165, 1.54) is 16.8 Å². The minimum atomic E-state index is -3.71. The smallest absolute Gasteiger partial charge is 0.307 e. The van der Waals surface area contributed by atoms with Gasteiger partial charge in [0.1, 0.15) is 0 Å². The molecule has 1 aliphatic rings. The average molecular weight is 315 g/mol. The van der Waals surface area contributed by atoms with Crippen LogP contribution in [0.5, 0.6) is 0 Å². The molecule has 1 aromatic rings. The molecule has 2 rings (SSSR count). The number of imidazole rings is 1. The molecule has 1 N–H and O–H groups in total. The van der Waals surface area contributed by atoms with Crippen LogP contribution in [0.4, 0.5) is 0 Å². The zero-order chi connectivity index (χ0) is 15.6. The van der Waals surface area contributed by atoms with Crippen LogP contribution in [0.3, 0.4) is 0 Å². The molecule has 118 valence electrons. The van der Waals surface area contributed by atoms with E-state index in [0.717, 1.165) is 6.42 Å². The summed E-state index contributed by atoms with van der Waals surface area (Å²) >= 11 is 0. The molecule has 0 saturated carbocycles. The Morgan fingerprint density at radius 2 is 2.29 bits per heavy atom. The molecule has 2 heterocycles. The van der Waals surface area contributed by atoms with Gasteiger partial charge in [0.2, 0.25) is 0 Å². The van der Waals surface area contributed by atoms with Crippen LogP contribution in [0.2, 0.25) is 0 Å². The summed E-state index contributed by atoms with van der Waals surface area (Å²) in [5, 5.41) is 9.05. The highest BCUT2D eigenvalue weighted by Gasteiger charge is 2.34. The summed E-state index contributed by atoms with van der Waals surface area (Å²) in [6.07, 6.45) is 4.99. The number of carbonyl (C=O) groups is 1. The highest BCUT2D eigenvalue weighted by atomic mass is 32.2. The van der Waals surface area contributed by atoms with Crippen molar-refractivity contribution < 1.29 is 18.3 Å². The van der Waals surface area contributed by atoms with Crippen LogP contribution in [-0.4, -0.2) is 46.4 Å². The SMILES string of the molecule is CC[C@@H](C)n1cnc(S(=O)(=O)N2CCC[C@H](C(=O)O)C2)c1. The fourth-order valence-corrected chi connectivity index (χ4v) is 3.84. The lowest BCUT2D eigenvalue weighted by Gasteiger charge is -2.29. The highest BCUT2D eigenvalue weighted by molar-refractivity contribution is 7.89. The summed E-state index contributed by atoms with van der Waals surface area (Å²) < 4.78 is 28.1. The van der Waals surface area contributed by atoms with Gasteiger partial charge in [0.15, 0.2) is 5.03 Å². The van der Waals surface area contributed by atoms with Gasteiger partial charge in [-0.1, -0.05) is 6.92 Å². The monoisotopic (exact) mass is 315 g/mol. The zero-order valence-corrected chi connectivity index (χ0v) is 13.1. The summed E-state index contributed by atoms with van der Waals surface area (Å²) in [5.74, 6) is -1.58. The van der Waals surface area contributed by atoms with Crippen molar-refractivity contribution in [1.82, 2.24) is 13.9 Å². The number of piperidine rings is 1. The molecule has 0 spiro atoms. The third-order valence-corrected chi connectivity index (χ3v) is 5.77. The van der Waals surface area contributed by atoms with Gasteiger partial charge in [-0.15, -0.1) is 0 Å². The number of hydrogen-bond donors (Lipinski definition) is 1. The Balaban J connectivity index is 2.21. The fourth-order valence-electron chi connectivity index (χ4n) is 2.40. The van der Waals surface area contributed by atoms with Gasteiger partial charge in [0, 0.05) is 25.3 Å². The molecule has 21 heavy (non-hydrogen) atoms. The van der Waals surface area contributed by atoms with Crippen molar-refractivity contribution in [2.45, 2.75) is 44.2 Å². The van der Waals surface area contributed by atoms with Gasteiger partial charge in [0.05, 0.1) is 12.2 Å². The average Bonchev–Trinajstić information content (AvgIpc) is 2.97. The van der Waals surface area contributed by atoms with Crippen molar-refractivity contribution >= 4 is 16.0 Å². The van der Waals surface area contributed by atoms with Crippen LogP contribution in [0.25, 0.3) is 0 Å². The van der Waals surface area contributed by atoms with Gasteiger partial charge >= 0.3 is 5.97 Å². The maximum absolute atomic E-state index is 12.5. The fraction of sp³-hybridized carbons (Fsp3) is 0.692. The molecule has 0 radical (unpaired) electrons. The van der Waals surface area contributed by atoms with Crippen LogP contribution in [0, 0.1) is 5.92 Å². The van der Waals surface area contributed by atoms with E-state index in [2.05, 4.69) is 4.98 Å². The number of rotatable bonds is 5. The largest absolute Gasteiger partial charge is 0.481 e. The van der Waals surface area contributed by atoms with E-state index in [1.54, 1.807) is 4.57 Å². The van der Waals surface area contributed by atoms with Crippen molar-refractivity contribution in [3.8, 4) is 0 Å². The summed E-state index contributed by atoms with van der Waals surface area (Å²) in [4.78, 5) is 15.0. The highest BCUT2D eigenvalue weighted by Crippen LogP contribution is 2.23. The zero-order valence-electron chi connectivity index (χ0n) is 12.3. The van der Waals surface area contributed by atoms with E-state index in [4.69, 9.17) is 5.11 Å². The summed E-state index contributed by atoms with van der Waals surface area (Å²) in [6, 6.07) is 0.176. The third-order valence-electron chi connectivity index (χ3n) is 4.02. The molecular formula is C13H21N3O4S. The molecule has 1 fully saturated rings. The molecule has 0 bridgehead atoms. The van der Waals surface area contributed by atoms with Gasteiger partial charge in [-0.05, 0) is 26.2 Å². The third kappa shape index (κ3) is 3.26. The number of aliphatic carboxylic acids is 1. The Hall–Kier alpha value is -1.41. The first kappa shape index (κ1) is 16.0. The Bertz CT molecular complexity index is 611. The predicted molar refractivity (Wildman–Crippen MR) is 76.3 cm³/mol. The number of nitrogens with zero attached hydrogens (tertiary/aromatic N) is 3. The molecule has 2 atom stereocenters. The molecule has 0 aliphatic carbocycles. The van der Waals surface area contributed by atoms with E-state index < -0.39 is 21.9 Å². The lowest BCUT2D eigenvalue weighted by molar-refractivity contribution is -0.142. The van der Waals surface area contributed by atoms with Gasteiger partial charge < -0.3 is 9.67 Å². The van der Waals surface area contributed by atoms with Crippen molar-refractivity contribution in [2.75, 3.05) is 13.1 Å². The molecule has 1 saturated heterocycles. The Morgan fingerprint density at radius 1 is 1.57 bits per heavy atom. The molecular weight excluding hydrogens is 294 g/mol. The minimum absolute atomic E-state index is 0.00570. The molecule has 7 nitrogen and oxygen atoms in total. The van der Waals surface area contributed by atoms with Crippen LogP contribution < -0.4 is 0 Å². The first-order valence-corrected chi connectivity index (χ1v) is 8.56. The van der Waals surface area contributed by atoms with Crippen LogP contribution in [-0.2, 0) is 14.8 Å². The number of hydrogen-bond acceptors (Lipinski definition) is 4. The molecule has 1 aliphatic heterocycles. The Labute approximate surface area is 124 Å². The topological polar surface area (TPSA) is 92.5 Å².